The summed E-state index contributed by atoms with van der Waals surface area (Å²) in [4.78, 5) is 0. The van der Waals surface area contributed by atoms with Gasteiger partial charge in [0.1, 0.15) is 11.9 Å². The molecule has 0 amide bonds. The van der Waals surface area contributed by atoms with Crippen molar-refractivity contribution < 1.29 is 4.74 Å². The number of benzene rings is 1. The second kappa shape index (κ2) is 4.86. The SMILES string of the molecule is CC(C)c1cc(Br)ccc1OC1CC(N)C1(C)C. The maximum absolute atomic E-state index is 6.18. The van der Waals surface area contributed by atoms with Gasteiger partial charge in [0.2, 0.25) is 0 Å². The highest BCUT2D eigenvalue weighted by atomic mass is 79.9. The first-order valence-electron chi connectivity index (χ1n) is 6.54. The first-order chi connectivity index (χ1) is 8.32. The molecule has 1 saturated carbocycles. The predicted octanol–water partition coefficient (Wildman–Crippen LogP) is 4.08. The molecule has 1 aliphatic rings. The van der Waals surface area contributed by atoms with Crippen molar-refractivity contribution in [3.8, 4) is 5.75 Å². The van der Waals surface area contributed by atoms with E-state index in [1.54, 1.807) is 0 Å². The Morgan fingerprint density at radius 2 is 2.06 bits per heavy atom. The molecule has 0 spiro atoms. The average molecular weight is 312 g/mol. The Morgan fingerprint density at radius 1 is 1.39 bits per heavy atom. The minimum Gasteiger partial charge on any atom is -0.489 e. The summed E-state index contributed by atoms with van der Waals surface area (Å²) in [6, 6.07) is 6.48. The molecule has 2 atom stereocenters. The van der Waals surface area contributed by atoms with Crippen molar-refractivity contribution in [2.45, 2.75) is 52.2 Å². The van der Waals surface area contributed by atoms with Crippen molar-refractivity contribution in [1.29, 1.82) is 0 Å². The third-order valence-corrected chi connectivity index (χ3v) is 4.61. The van der Waals surface area contributed by atoms with Crippen LogP contribution in [0.5, 0.6) is 5.75 Å². The monoisotopic (exact) mass is 311 g/mol. The van der Waals surface area contributed by atoms with Crippen molar-refractivity contribution in [2.24, 2.45) is 11.1 Å². The zero-order valence-electron chi connectivity index (χ0n) is 11.5. The van der Waals surface area contributed by atoms with Gasteiger partial charge >= 0.3 is 0 Å². The van der Waals surface area contributed by atoms with Crippen LogP contribution in [0.25, 0.3) is 0 Å². The average Bonchev–Trinajstić information content (AvgIpc) is 2.30. The van der Waals surface area contributed by atoms with Gasteiger partial charge in [0.05, 0.1) is 0 Å². The molecule has 1 fully saturated rings. The highest BCUT2D eigenvalue weighted by molar-refractivity contribution is 9.10. The van der Waals surface area contributed by atoms with Gasteiger partial charge in [-0.15, -0.1) is 0 Å². The normalized spacial score (nSPS) is 25.9. The van der Waals surface area contributed by atoms with Gasteiger partial charge in [-0.05, 0) is 29.7 Å². The molecule has 2 unspecified atom stereocenters. The minimum atomic E-state index is 0.0708. The maximum atomic E-state index is 6.18. The topological polar surface area (TPSA) is 35.2 Å². The largest absolute Gasteiger partial charge is 0.489 e. The molecule has 0 radical (unpaired) electrons. The molecule has 0 heterocycles. The van der Waals surface area contributed by atoms with Crippen LogP contribution in [0.1, 0.15) is 45.6 Å². The van der Waals surface area contributed by atoms with Gasteiger partial charge in [-0.2, -0.15) is 0 Å². The molecule has 2 N–H and O–H groups in total. The molecule has 1 aliphatic carbocycles. The Labute approximate surface area is 118 Å². The summed E-state index contributed by atoms with van der Waals surface area (Å²) in [6.07, 6.45) is 1.17. The van der Waals surface area contributed by atoms with Gasteiger partial charge in [-0.3, -0.25) is 0 Å². The molecule has 1 aromatic rings. The third kappa shape index (κ3) is 2.43. The van der Waals surface area contributed by atoms with Gasteiger partial charge in [-0.1, -0.05) is 43.6 Å². The summed E-state index contributed by atoms with van der Waals surface area (Å²) in [5.74, 6) is 1.45. The van der Waals surface area contributed by atoms with Gasteiger partial charge in [-0.25, -0.2) is 0 Å². The molecule has 2 nitrogen and oxygen atoms in total. The lowest BCUT2D eigenvalue weighted by atomic mass is 9.65. The molecule has 0 aromatic heterocycles. The lowest BCUT2D eigenvalue weighted by molar-refractivity contribution is -0.0405. The number of ether oxygens (including phenoxy) is 1. The summed E-state index contributed by atoms with van der Waals surface area (Å²) in [5, 5.41) is 0. The van der Waals surface area contributed by atoms with Crippen molar-refractivity contribution in [2.75, 3.05) is 0 Å². The molecule has 0 bridgehead atoms. The Kier molecular flexibility index (Phi) is 3.75. The van der Waals surface area contributed by atoms with Crippen LogP contribution < -0.4 is 10.5 Å². The van der Waals surface area contributed by atoms with Crippen LogP contribution in [0.2, 0.25) is 0 Å². The van der Waals surface area contributed by atoms with E-state index in [-0.39, 0.29) is 17.6 Å². The van der Waals surface area contributed by atoms with Crippen LogP contribution in [0.4, 0.5) is 0 Å². The van der Waals surface area contributed by atoms with Gasteiger partial charge in [0.25, 0.3) is 0 Å². The Morgan fingerprint density at radius 3 is 2.56 bits per heavy atom. The molecule has 3 heteroatoms. The molecule has 0 saturated heterocycles. The van der Waals surface area contributed by atoms with Crippen LogP contribution in [-0.2, 0) is 0 Å². The second-order valence-electron chi connectivity index (χ2n) is 6.11. The van der Waals surface area contributed by atoms with E-state index in [4.69, 9.17) is 10.5 Å². The molecule has 18 heavy (non-hydrogen) atoms. The number of nitrogens with two attached hydrogens (primary N) is 1. The lowest BCUT2D eigenvalue weighted by Gasteiger charge is -2.49. The summed E-state index contributed by atoms with van der Waals surface area (Å²) in [6.45, 7) is 8.73. The van der Waals surface area contributed by atoms with Gasteiger partial charge in [0, 0.05) is 22.4 Å². The summed E-state index contributed by atoms with van der Waals surface area (Å²) in [5.41, 5.74) is 7.36. The van der Waals surface area contributed by atoms with Crippen molar-refractivity contribution in [3.05, 3.63) is 28.2 Å². The maximum Gasteiger partial charge on any atom is 0.123 e. The molecule has 0 aliphatic heterocycles. The number of halogens is 1. The first kappa shape index (κ1) is 13.9. The van der Waals surface area contributed by atoms with E-state index in [1.807, 2.05) is 6.07 Å². The molecule has 2 rings (SSSR count). The van der Waals surface area contributed by atoms with Crippen LogP contribution in [-0.4, -0.2) is 12.1 Å². The van der Waals surface area contributed by atoms with E-state index in [1.165, 1.54) is 5.56 Å². The highest BCUT2D eigenvalue weighted by Gasteiger charge is 2.48. The van der Waals surface area contributed by atoms with Crippen molar-refractivity contribution >= 4 is 15.9 Å². The summed E-state index contributed by atoms with van der Waals surface area (Å²) < 4.78 is 7.28. The minimum absolute atomic E-state index is 0.0708. The Balaban J connectivity index is 2.20. The number of hydrogen-bond acceptors (Lipinski definition) is 2. The fourth-order valence-electron chi connectivity index (χ4n) is 2.35. The van der Waals surface area contributed by atoms with Gasteiger partial charge in [0.15, 0.2) is 0 Å². The Bertz CT molecular complexity index is 442. The van der Waals surface area contributed by atoms with E-state index < -0.39 is 0 Å². The van der Waals surface area contributed by atoms with Crippen LogP contribution in [0.15, 0.2) is 22.7 Å². The zero-order chi connectivity index (χ0) is 13.5. The van der Waals surface area contributed by atoms with Crippen LogP contribution >= 0.6 is 15.9 Å². The fraction of sp³-hybridized carbons (Fsp3) is 0.600. The van der Waals surface area contributed by atoms with E-state index >= 15 is 0 Å². The standard InChI is InChI=1S/C15H22BrNO/c1-9(2)11-7-10(16)5-6-12(11)18-14-8-13(17)15(14,3)4/h5-7,9,13-14H,8,17H2,1-4H3. The van der Waals surface area contributed by atoms with E-state index in [2.05, 4.69) is 55.8 Å². The molecular weight excluding hydrogens is 290 g/mol. The quantitative estimate of drug-likeness (QED) is 0.913. The third-order valence-electron chi connectivity index (χ3n) is 4.12. The van der Waals surface area contributed by atoms with Crippen LogP contribution in [0.3, 0.4) is 0 Å². The number of rotatable bonds is 3. The fourth-order valence-corrected chi connectivity index (χ4v) is 2.73. The van der Waals surface area contributed by atoms with E-state index in [9.17, 15) is 0 Å². The molecular formula is C15H22BrNO. The highest BCUT2D eigenvalue weighted by Crippen LogP contribution is 2.43. The second-order valence-corrected chi connectivity index (χ2v) is 7.02. The smallest absolute Gasteiger partial charge is 0.123 e. The summed E-state index contributed by atoms with van der Waals surface area (Å²) in [7, 11) is 0. The van der Waals surface area contributed by atoms with Gasteiger partial charge < -0.3 is 10.5 Å². The molecule has 100 valence electrons. The first-order valence-corrected chi connectivity index (χ1v) is 7.33. The van der Waals surface area contributed by atoms with E-state index in [0.717, 1.165) is 16.6 Å². The zero-order valence-corrected chi connectivity index (χ0v) is 13.1. The summed E-state index contributed by atoms with van der Waals surface area (Å²) >= 11 is 3.52. The predicted molar refractivity (Wildman–Crippen MR) is 79.0 cm³/mol. The Hall–Kier alpha value is -0.540. The molecule has 1 aromatic carbocycles. The van der Waals surface area contributed by atoms with Crippen molar-refractivity contribution in [3.63, 3.8) is 0 Å². The lowest BCUT2D eigenvalue weighted by Crippen LogP contribution is -2.60. The number of hydrogen-bond donors (Lipinski definition) is 1. The van der Waals surface area contributed by atoms with E-state index in [0.29, 0.717) is 5.92 Å². The van der Waals surface area contributed by atoms with Crippen LogP contribution in [0, 0.1) is 5.41 Å². The van der Waals surface area contributed by atoms with Crippen molar-refractivity contribution in [1.82, 2.24) is 0 Å².